The summed E-state index contributed by atoms with van der Waals surface area (Å²) in [5.41, 5.74) is 2.90. The Kier molecular flexibility index (Phi) is 7.37. The van der Waals surface area contributed by atoms with E-state index in [-0.39, 0.29) is 24.0 Å². The number of imide groups is 1. The maximum Gasteiger partial charge on any atom is 0.335 e. The third-order valence-corrected chi connectivity index (χ3v) is 6.29. The van der Waals surface area contributed by atoms with E-state index >= 15 is 0 Å². The Hall–Kier alpha value is -4.55. The van der Waals surface area contributed by atoms with Crippen LogP contribution in [0.15, 0.2) is 71.6 Å². The molecule has 3 aromatic rings. The highest BCUT2D eigenvalue weighted by molar-refractivity contribution is 8.18. The Bertz CT molecular complexity index is 1390. The second kappa shape index (κ2) is 10.8. The number of ether oxygens (including phenoxy) is 2. The molecule has 0 radical (unpaired) electrons. The van der Waals surface area contributed by atoms with Gasteiger partial charge < -0.3 is 14.6 Å². The second-order valence-corrected chi connectivity index (χ2v) is 8.77. The summed E-state index contributed by atoms with van der Waals surface area (Å²) < 4.78 is 11.3. The van der Waals surface area contributed by atoms with Gasteiger partial charge in [0.2, 0.25) is 0 Å². The highest BCUT2D eigenvalue weighted by Crippen LogP contribution is 2.35. The first kappa shape index (κ1) is 24.6. The fraction of sp³-hybridized carbons (Fsp3) is 0.111. The molecule has 180 valence electrons. The molecule has 3 aromatic carbocycles. The molecule has 0 atom stereocenters. The maximum atomic E-state index is 12.9. The first-order valence-electron chi connectivity index (χ1n) is 10.8. The molecule has 0 aromatic heterocycles. The topological polar surface area (TPSA) is 117 Å². The molecule has 1 aliphatic heterocycles. The van der Waals surface area contributed by atoms with Gasteiger partial charge in [-0.15, -0.1) is 0 Å². The van der Waals surface area contributed by atoms with Crippen molar-refractivity contribution < 1.29 is 29.0 Å². The van der Waals surface area contributed by atoms with E-state index in [0.29, 0.717) is 27.5 Å². The first-order chi connectivity index (χ1) is 17.4. The smallest absolute Gasteiger partial charge is 0.335 e. The number of carbonyl (C=O) groups excluding carboxylic acids is 2. The third kappa shape index (κ3) is 5.56. The number of nitriles is 1. The van der Waals surface area contributed by atoms with Crippen LogP contribution >= 0.6 is 11.8 Å². The van der Waals surface area contributed by atoms with Gasteiger partial charge in [-0.05, 0) is 70.9 Å². The average Bonchev–Trinajstić information content (AvgIpc) is 3.15. The van der Waals surface area contributed by atoms with Crippen LogP contribution in [0.1, 0.15) is 32.6 Å². The normalized spacial score (nSPS) is 14.1. The molecule has 4 rings (SSSR count). The molecule has 8 nitrogen and oxygen atoms in total. The van der Waals surface area contributed by atoms with E-state index in [1.54, 1.807) is 60.7 Å². The lowest BCUT2D eigenvalue weighted by Crippen LogP contribution is -2.27. The van der Waals surface area contributed by atoms with Gasteiger partial charge in [-0.25, -0.2) is 4.79 Å². The van der Waals surface area contributed by atoms with Crippen LogP contribution < -0.4 is 9.47 Å². The minimum atomic E-state index is -0.994. The number of hydrogen-bond acceptors (Lipinski definition) is 7. The van der Waals surface area contributed by atoms with Crippen LogP contribution in [-0.4, -0.2) is 34.2 Å². The van der Waals surface area contributed by atoms with Gasteiger partial charge in [-0.3, -0.25) is 14.5 Å². The van der Waals surface area contributed by atoms with E-state index in [2.05, 4.69) is 0 Å². The summed E-state index contributed by atoms with van der Waals surface area (Å²) in [5, 5.41) is 17.6. The Balaban J connectivity index is 1.45. The van der Waals surface area contributed by atoms with Crippen molar-refractivity contribution in [1.29, 1.82) is 5.26 Å². The van der Waals surface area contributed by atoms with Gasteiger partial charge in [0.15, 0.2) is 11.5 Å². The van der Waals surface area contributed by atoms with Gasteiger partial charge in [0.25, 0.3) is 11.1 Å². The van der Waals surface area contributed by atoms with Crippen LogP contribution in [-0.2, 0) is 17.9 Å². The Morgan fingerprint density at radius 3 is 2.36 bits per heavy atom. The van der Waals surface area contributed by atoms with Crippen LogP contribution in [0.5, 0.6) is 11.5 Å². The number of carboxylic acid groups (broad SMARTS) is 1. The summed E-state index contributed by atoms with van der Waals surface area (Å²) in [6.07, 6.45) is 1.63. The summed E-state index contributed by atoms with van der Waals surface area (Å²) in [6, 6.07) is 20.3. The zero-order valence-electron chi connectivity index (χ0n) is 19.1. The predicted octanol–water partition coefficient (Wildman–Crippen LogP) is 5.08. The summed E-state index contributed by atoms with van der Waals surface area (Å²) in [6.45, 7) is 0.334. The van der Waals surface area contributed by atoms with Crippen molar-refractivity contribution in [2.24, 2.45) is 0 Å². The molecule has 1 heterocycles. The van der Waals surface area contributed by atoms with E-state index < -0.39 is 11.9 Å². The summed E-state index contributed by atoms with van der Waals surface area (Å²) in [4.78, 5) is 37.8. The zero-order chi connectivity index (χ0) is 25.7. The van der Waals surface area contributed by atoms with Gasteiger partial charge in [0.1, 0.15) is 6.61 Å². The monoisotopic (exact) mass is 500 g/mol. The molecule has 0 unspecified atom stereocenters. The van der Waals surface area contributed by atoms with Crippen molar-refractivity contribution >= 4 is 35.0 Å². The third-order valence-electron chi connectivity index (χ3n) is 5.38. The Labute approximate surface area is 211 Å². The Morgan fingerprint density at radius 2 is 1.72 bits per heavy atom. The molecule has 36 heavy (non-hydrogen) atoms. The fourth-order valence-corrected chi connectivity index (χ4v) is 4.29. The molecule has 1 fully saturated rings. The highest BCUT2D eigenvalue weighted by atomic mass is 32.2. The van der Waals surface area contributed by atoms with E-state index in [0.717, 1.165) is 22.9 Å². The number of carbonyl (C=O) groups is 3. The van der Waals surface area contributed by atoms with Crippen LogP contribution in [0.25, 0.3) is 6.08 Å². The Morgan fingerprint density at radius 1 is 1.03 bits per heavy atom. The van der Waals surface area contributed by atoms with E-state index in [1.165, 1.54) is 24.1 Å². The van der Waals surface area contributed by atoms with Crippen molar-refractivity contribution in [3.63, 3.8) is 0 Å². The van der Waals surface area contributed by atoms with E-state index in [4.69, 9.17) is 19.8 Å². The summed E-state index contributed by atoms with van der Waals surface area (Å²) in [7, 11) is 1.50. The molecular formula is C27H20N2O6S. The lowest BCUT2D eigenvalue weighted by atomic mass is 10.1. The number of nitrogens with zero attached hydrogens (tertiary/aromatic N) is 2. The molecule has 0 aliphatic carbocycles. The van der Waals surface area contributed by atoms with Crippen molar-refractivity contribution in [2.75, 3.05) is 7.11 Å². The quantitative estimate of drug-likeness (QED) is 0.426. The number of amides is 2. The standard InChI is InChI=1S/C27H20N2O6S/c1-34-23-12-20(8-11-22(23)35-16-19-6-9-21(10-7-19)26(31)32)13-24-25(30)29(27(33)36-24)15-18-4-2-17(14-28)3-5-18/h2-13H,15-16H2,1H3,(H,31,32)/b24-13-. The van der Waals surface area contributed by atoms with Crippen molar-refractivity contribution in [3.05, 3.63) is 99.5 Å². The number of carboxylic acids is 1. The fourth-order valence-electron chi connectivity index (χ4n) is 3.45. The van der Waals surface area contributed by atoms with Gasteiger partial charge in [-0.2, -0.15) is 5.26 Å². The van der Waals surface area contributed by atoms with Crippen molar-refractivity contribution in [1.82, 2.24) is 4.90 Å². The van der Waals surface area contributed by atoms with Gasteiger partial charge >= 0.3 is 5.97 Å². The predicted molar refractivity (Wildman–Crippen MR) is 133 cm³/mol. The largest absolute Gasteiger partial charge is 0.493 e. The molecule has 0 saturated carbocycles. The maximum absolute atomic E-state index is 12.9. The number of thioether (sulfide) groups is 1. The van der Waals surface area contributed by atoms with Gasteiger partial charge in [-0.1, -0.05) is 30.3 Å². The zero-order valence-corrected chi connectivity index (χ0v) is 20.0. The average molecular weight is 501 g/mol. The molecule has 0 bridgehead atoms. The number of rotatable bonds is 8. The molecule has 9 heteroatoms. The minimum absolute atomic E-state index is 0.122. The van der Waals surface area contributed by atoms with Crippen LogP contribution in [0, 0.1) is 11.3 Å². The number of hydrogen-bond donors (Lipinski definition) is 1. The minimum Gasteiger partial charge on any atom is -0.493 e. The molecule has 2 amide bonds. The molecular weight excluding hydrogens is 480 g/mol. The second-order valence-electron chi connectivity index (χ2n) is 7.78. The van der Waals surface area contributed by atoms with Gasteiger partial charge in [0, 0.05) is 0 Å². The number of aromatic carboxylic acids is 1. The van der Waals surface area contributed by atoms with Crippen molar-refractivity contribution in [2.45, 2.75) is 13.2 Å². The number of benzene rings is 3. The molecule has 1 N–H and O–H groups in total. The highest BCUT2D eigenvalue weighted by Gasteiger charge is 2.35. The van der Waals surface area contributed by atoms with Crippen LogP contribution in [0.4, 0.5) is 4.79 Å². The molecule has 0 spiro atoms. The summed E-state index contributed by atoms with van der Waals surface area (Å²) >= 11 is 0.864. The first-order valence-corrected chi connectivity index (χ1v) is 11.6. The van der Waals surface area contributed by atoms with Crippen LogP contribution in [0.2, 0.25) is 0 Å². The molecule has 1 aliphatic rings. The lowest BCUT2D eigenvalue weighted by Gasteiger charge is -2.12. The van der Waals surface area contributed by atoms with Gasteiger partial charge in [0.05, 0.1) is 35.8 Å². The van der Waals surface area contributed by atoms with Crippen LogP contribution in [0.3, 0.4) is 0 Å². The van der Waals surface area contributed by atoms with E-state index in [1.807, 2.05) is 6.07 Å². The van der Waals surface area contributed by atoms with Crippen molar-refractivity contribution in [3.8, 4) is 17.6 Å². The van der Waals surface area contributed by atoms with E-state index in [9.17, 15) is 14.4 Å². The lowest BCUT2D eigenvalue weighted by molar-refractivity contribution is -0.123. The number of methoxy groups -OCH3 is 1. The SMILES string of the molecule is COc1cc(/C=C2\SC(=O)N(Cc3ccc(C#N)cc3)C2=O)ccc1OCc1ccc(C(=O)O)cc1. The molecule has 1 saturated heterocycles. The summed E-state index contributed by atoms with van der Waals surface area (Å²) in [5.74, 6) is -0.459.